The zero-order chi connectivity index (χ0) is 20.4. The lowest BCUT2D eigenvalue weighted by Gasteiger charge is -2.15. The fourth-order valence-electron chi connectivity index (χ4n) is 2.54. The molecular formula is C19H15Cl4N3O2. The lowest BCUT2D eigenvalue weighted by Crippen LogP contribution is -2.18. The zero-order valence-electron chi connectivity index (χ0n) is 14.8. The second-order valence-electron chi connectivity index (χ2n) is 6.13. The number of hydrogen-bond acceptors (Lipinski definition) is 4. The summed E-state index contributed by atoms with van der Waals surface area (Å²) >= 11 is 24.0. The van der Waals surface area contributed by atoms with Crippen molar-refractivity contribution in [2.45, 2.75) is 4.84 Å². The van der Waals surface area contributed by atoms with E-state index in [4.69, 9.17) is 50.9 Å². The maximum Gasteiger partial charge on any atom is 0.257 e. The first kappa shape index (κ1) is 20.8. The normalized spacial score (nSPS) is 11.0. The van der Waals surface area contributed by atoms with Gasteiger partial charge in [-0.05, 0) is 24.3 Å². The van der Waals surface area contributed by atoms with E-state index in [0.29, 0.717) is 38.3 Å². The smallest absolute Gasteiger partial charge is 0.257 e. The molecule has 0 aliphatic rings. The van der Waals surface area contributed by atoms with Crippen molar-refractivity contribution >= 4 is 63.7 Å². The minimum absolute atomic E-state index is 0.465. The van der Waals surface area contributed by atoms with Crippen LogP contribution >= 0.6 is 46.4 Å². The van der Waals surface area contributed by atoms with Gasteiger partial charge in [-0.3, -0.25) is 4.79 Å². The standard InChI is InChI=1S/C19H15Cl4N3O2/c1-26(2)12-7-13(20)17(14(21)8-12)15-9-16(28-25-15)10-4-3-5-11(6-10)24-19(27)18(22)23/h3-9,18H,1-2H3,(H,24,27). The van der Waals surface area contributed by atoms with Crippen LogP contribution in [0.2, 0.25) is 10.0 Å². The van der Waals surface area contributed by atoms with Gasteiger partial charge in [-0.25, -0.2) is 0 Å². The van der Waals surface area contributed by atoms with E-state index in [9.17, 15) is 4.79 Å². The quantitative estimate of drug-likeness (QED) is 0.467. The molecule has 146 valence electrons. The van der Waals surface area contributed by atoms with Crippen LogP contribution in [0.1, 0.15) is 0 Å². The molecule has 0 atom stereocenters. The Bertz CT molecular complexity index is 995. The van der Waals surface area contributed by atoms with Crippen LogP contribution in [0.3, 0.4) is 0 Å². The van der Waals surface area contributed by atoms with Gasteiger partial charge in [0.15, 0.2) is 10.6 Å². The number of nitrogens with zero attached hydrogens (tertiary/aromatic N) is 2. The third-order valence-corrected chi connectivity index (χ3v) is 4.91. The summed E-state index contributed by atoms with van der Waals surface area (Å²) in [5.74, 6) is -0.0264. The summed E-state index contributed by atoms with van der Waals surface area (Å²) in [5.41, 5.74) is 3.20. The molecule has 1 aromatic heterocycles. The second-order valence-corrected chi connectivity index (χ2v) is 8.04. The number of halogens is 4. The molecule has 0 bridgehead atoms. The lowest BCUT2D eigenvalue weighted by molar-refractivity contribution is -0.114. The molecule has 3 rings (SSSR count). The van der Waals surface area contributed by atoms with Crippen LogP contribution < -0.4 is 10.2 Å². The SMILES string of the molecule is CN(C)c1cc(Cl)c(-c2cc(-c3cccc(NC(=O)C(Cl)Cl)c3)on2)c(Cl)c1. The van der Waals surface area contributed by atoms with Gasteiger partial charge in [0.25, 0.3) is 5.91 Å². The molecule has 0 radical (unpaired) electrons. The van der Waals surface area contributed by atoms with Gasteiger partial charge in [-0.1, -0.05) is 63.7 Å². The predicted octanol–water partition coefficient (Wildman–Crippen LogP) is 6.12. The number of benzene rings is 2. The molecule has 28 heavy (non-hydrogen) atoms. The number of alkyl halides is 2. The lowest BCUT2D eigenvalue weighted by atomic mass is 10.1. The van der Waals surface area contributed by atoms with Crippen LogP contribution in [0.15, 0.2) is 47.0 Å². The maximum atomic E-state index is 11.7. The highest BCUT2D eigenvalue weighted by Gasteiger charge is 2.17. The molecule has 0 aliphatic carbocycles. The van der Waals surface area contributed by atoms with Crippen molar-refractivity contribution < 1.29 is 9.32 Å². The Morgan fingerprint density at radius 1 is 1.11 bits per heavy atom. The van der Waals surface area contributed by atoms with Gasteiger partial charge in [-0.2, -0.15) is 0 Å². The third-order valence-electron chi connectivity index (χ3n) is 3.92. The van der Waals surface area contributed by atoms with Crippen molar-refractivity contribution in [3.63, 3.8) is 0 Å². The number of nitrogens with one attached hydrogen (secondary N) is 1. The molecule has 0 saturated carbocycles. The number of aromatic nitrogens is 1. The number of hydrogen-bond donors (Lipinski definition) is 1. The molecule has 5 nitrogen and oxygen atoms in total. The molecule has 0 fully saturated rings. The van der Waals surface area contributed by atoms with Crippen LogP contribution in [0.5, 0.6) is 0 Å². The van der Waals surface area contributed by atoms with Crippen molar-refractivity contribution in [1.82, 2.24) is 5.16 Å². The van der Waals surface area contributed by atoms with E-state index in [1.165, 1.54) is 0 Å². The molecule has 9 heteroatoms. The Kier molecular flexibility index (Phi) is 6.40. The van der Waals surface area contributed by atoms with Crippen molar-refractivity contribution in [2.24, 2.45) is 0 Å². The predicted molar refractivity (Wildman–Crippen MR) is 116 cm³/mol. The molecule has 0 aliphatic heterocycles. The zero-order valence-corrected chi connectivity index (χ0v) is 17.9. The molecule has 1 N–H and O–H groups in total. The summed E-state index contributed by atoms with van der Waals surface area (Å²) in [5, 5.41) is 7.63. The van der Waals surface area contributed by atoms with Crippen molar-refractivity contribution in [3.8, 4) is 22.6 Å². The molecule has 0 unspecified atom stereocenters. The molecule has 0 saturated heterocycles. The molecule has 1 heterocycles. The Labute approximate surface area is 182 Å². The van der Waals surface area contributed by atoms with Crippen LogP contribution in [0, 0.1) is 0 Å². The first-order chi connectivity index (χ1) is 13.3. The van der Waals surface area contributed by atoms with E-state index < -0.39 is 10.7 Å². The molecule has 2 aromatic carbocycles. The van der Waals surface area contributed by atoms with E-state index in [1.807, 2.05) is 37.2 Å². The van der Waals surface area contributed by atoms with Crippen molar-refractivity contribution in [2.75, 3.05) is 24.3 Å². The first-order valence-electron chi connectivity index (χ1n) is 8.09. The number of carbonyl (C=O) groups is 1. The molecule has 0 spiro atoms. The van der Waals surface area contributed by atoms with Gasteiger partial charge in [0.2, 0.25) is 0 Å². The van der Waals surface area contributed by atoms with Crippen molar-refractivity contribution in [1.29, 1.82) is 0 Å². The van der Waals surface area contributed by atoms with Crippen LogP contribution in [0.4, 0.5) is 11.4 Å². The van der Waals surface area contributed by atoms with Gasteiger partial charge < -0.3 is 14.7 Å². The van der Waals surface area contributed by atoms with Crippen LogP contribution in [0.25, 0.3) is 22.6 Å². The largest absolute Gasteiger partial charge is 0.378 e. The Balaban J connectivity index is 1.92. The number of anilines is 2. The minimum atomic E-state index is -1.16. The van der Waals surface area contributed by atoms with E-state index in [2.05, 4.69) is 10.5 Å². The van der Waals surface area contributed by atoms with E-state index in [0.717, 1.165) is 5.69 Å². The molecule has 3 aromatic rings. The number of amides is 1. The van der Waals surface area contributed by atoms with Gasteiger partial charge in [0.05, 0.1) is 10.0 Å². The van der Waals surface area contributed by atoms with E-state index >= 15 is 0 Å². The summed E-state index contributed by atoms with van der Waals surface area (Å²) in [6.07, 6.45) is 0. The Hall–Kier alpha value is -1.92. The average molecular weight is 459 g/mol. The topological polar surface area (TPSA) is 58.4 Å². The van der Waals surface area contributed by atoms with Gasteiger partial charge in [-0.15, -0.1) is 0 Å². The van der Waals surface area contributed by atoms with Gasteiger partial charge >= 0.3 is 0 Å². The Morgan fingerprint density at radius 2 is 1.79 bits per heavy atom. The summed E-state index contributed by atoms with van der Waals surface area (Å²) in [6.45, 7) is 0. The van der Waals surface area contributed by atoms with Gasteiger partial charge in [0.1, 0.15) is 5.69 Å². The summed E-state index contributed by atoms with van der Waals surface area (Å²) < 4.78 is 5.46. The highest BCUT2D eigenvalue weighted by Crippen LogP contribution is 2.39. The molecular weight excluding hydrogens is 444 g/mol. The van der Waals surface area contributed by atoms with Gasteiger partial charge in [0, 0.05) is 42.7 Å². The monoisotopic (exact) mass is 457 g/mol. The first-order valence-corrected chi connectivity index (χ1v) is 9.72. The highest BCUT2D eigenvalue weighted by atomic mass is 35.5. The fourth-order valence-corrected chi connectivity index (χ4v) is 3.32. The summed E-state index contributed by atoms with van der Waals surface area (Å²) in [4.78, 5) is 12.4. The average Bonchev–Trinajstić information content (AvgIpc) is 3.10. The summed E-state index contributed by atoms with van der Waals surface area (Å²) in [7, 11) is 3.80. The highest BCUT2D eigenvalue weighted by molar-refractivity contribution is 6.54. The minimum Gasteiger partial charge on any atom is -0.378 e. The summed E-state index contributed by atoms with van der Waals surface area (Å²) in [6, 6.07) is 12.4. The van der Waals surface area contributed by atoms with Crippen LogP contribution in [-0.2, 0) is 4.79 Å². The van der Waals surface area contributed by atoms with E-state index in [1.54, 1.807) is 24.3 Å². The second kappa shape index (κ2) is 8.62. The Morgan fingerprint density at radius 3 is 2.39 bits per heavy atom. The maximum absolute atomic E-state index is 11.7. The number of carbonyl (C=O) groups excluding carboxylic acids is 1. The molecule has 1 amide bonds. The number of rotatable bonds is 5. The fraction of sp³-hybridized carbons (Fsp3) is 0.158. The third kappa shape index (κ3) is 4.55. The van der Waals surface area contributed by atoms with Crippen molar-refractivity contribution in [3.05, 3.63) is 52.5 Å². The van der Waals surface area contributed by atoms with E-state index in [-0.39, 0.29) is 0 Å². The van der Waals surface area contributed by atoms with Crippen LogP contribution in [-0.4, -0.2) is 30.0 Å².